The van der Waals surface area contributed by atoms with Crippen LogP contribution >= 0.6 is 0 Å². The summed E-state index contributed by atoms with van der Waals surface area (Å²) in [6.07, 6.45) is 13.8. The van der Waals surface area contributed by atoms with Crippen molar-refractivity contribution in [2.75, 3.05) is 13.1 Å². The molecule has 3 amide bonds. The topological polar surface area (TPSA) is 61.4 Å². The lowest BCUT2D eigenvalue weighted by Gasteiger charge is -2.44. The number of carbonyl (C=O) groups excluding carboxylic acids is 2. The summed E-state index contributed by atoms with van der Waals surface area (Å²) in [4.78, 5) is 26.6. The van der Waals surface area contributed by atoms with E-state index in [0.717, 1.165) is 31.7 Å². The normalized spacial score (nSPS) is 28.1. The fourth-order valence-corrected chi connectivity index (χ4v) is 4.84. The summed E-state index contributed by atoms with van der Waals surface area (Å²) in [5, 5.41) is 5.92. The first kappa shape index (κ1) is 17.6. The van der Waals surface area contributed by atoms with Crippen LogP contribution < -0.4 is 10.6 Å². The summed E-state index contributed by atoms with van der Waals surface area (Å²) in [6.45, 7) is 1.36. The number of nitrogens with zero attached hydrogens (tertiary/aromatic N) is 1. The second-order valence-corrected chi connectivity index (χ2v) is 7.83. The van der Waals surface area contributed by atoms with Gasteiger partial charge in [0, 0.05) is 31.6 Å². The van der Waals surface area contributed by atoms with Crippen molar-refractivity contribution in [3.05, 3.63) is 0 Å². The molecule has 2 saturated carbocycles. The average molecular weight is 335 g/mol. The van der Waals surface area contributed by atoms with Crippen LogP contribution in [0.15, 0.2) is 0 Å². The highest BCUT2D eigenvalue weighted by Crippen LogP contribution is 2.35. The molecule has 5 nitrogen and oxygen atoms in total. The number of rotatable bonds is 4. The molecule has 136 valence electrons. The second kappa shape index (κ2) is 8.72. The Labute approximate surface area is 145 Å². The molecule has 0 aromatic heterocycles. The fourth-order valence-electron chi connectivity index (χ4n) is 4.84. The van der Waals surface area contributed by atoms with Crippen LogP contribution in [0.25, 0.3) is 0 Å². The Balaban J connectivity index is 1.37. The van der Waals surface area contributed by atoms with Crippen LogP contribution in [0.5, 0.6) is 0 Å². The maximum absolute atomic E-state index is 12.6. The van der Waals surface area contributed by atoms with Crippen molar-refractivity contribution in [2.24, 2.45) is 5.92 Å². The van der Waals surface area contributed by atoms with E-state index in [4.69, 9.17) is 0 Å². The molecule has 3 fully saturated rings. The van der Waals surface area contributed by atoms with E-state index in [1.165, 1.54) is 51.4 Å². The number of hydrogen-bond donors (Lipinski definition) is 2. The minimum absolute atomic E-state index is 0.108. The van der Waals surface area contributed by atoms with Crippen molar-refractivity contribution < 1.29 is 9.59 Å². The van der Waals surface area contributed by atoms with Gasteiger partial charge in [0.05, 0.1) is 0 Å². The number of amides is 3. The Morgan fingerprint density at radius 2 is 1.58 bits per heavy atom. The maximum atomic E-state index is 12.6. The highest BCUT2D eigenvalue weighted by Gasteiger charge is 2.35. The Bertz CT molecular complexity index is 432. The van der Waals surface area contributed by atoms with Gasteiger partial charge in [-0.25, -0.2) is 4.79 Å². The number of urea groups is 1. The van der Waals surface area contributed by atoms with Crippen LogP contribution in [0, 0.1) is 5.92 Å². The molecule has 2 atom stereocenters. The lowest BCUT2D eigenvalue weighted by atomic mass is 9.78. The van der Waals surface area contributed by atoms with Crippen LogP contribution in [0.3, 0.4) is 0 Å². The Hall–Kier alpha value is -1.26. The smallest absolute Gasteiger partial charge is 0.315 e. The van der Waals surface area contributed by atoms with Crippen LogP contribution in [0.4, 0.5) is 4.79 Å². The number of fused-ring (bicyclic) bond motifs is 1. The van der Waals surface area contributed by atoms with Crippen molar-refractivity contribution in [1.82, 2.24) is 15.5 Å². The lowest BCUT2D eigenvalue weighted by Crippen LogP contribution is -2.50. The van der Waals surface area contributed by atoms with Crippen LogP contribution in [-0.4, -0.2) is 42.0 Å². The Morgan fingerprint density at radius 3 is 2.42 bits per heavy atom. The molecule has 1 aliphatic heterocycles. The molecule has 0 bridgehead atoms. The van der Waals surface area contributed by atoms with Crippen molar-refractivity contribution in [3.8, 4) is 0 Å². The minimum Gasteiger partial charge on any atom is -0.339 e. The highest BCUT2D eigenvalue weighted by atomic mass is 16.2. The maximum Gasteiger partial charge on any atom is 0.315 e. The van der Waals surface area contributed by atoms with Crippen molar-refractivity contribution in [2.45, 2.75) is 89.1 Å². The molecule has 3 rings (SSSR count). The molecule has 0 aromatic carbocycles. The van der Waals surface area contributed by atoms with E-state index in [-0.39, 0.29) is 11.9 Å². The number of nitrogens with one attached hydrogen (secondary N) is 2. The van der Waals surface area contributed by atoms with Gasteiger partial charge < -0.3 is 15.5 Å². The zero-order valence-electron chi connectivity index (χ0n) is 14.9. The monoisotopic (exact) mass is 335 g/mol. The van der Waals surface area contributed by atoms with Crippen LogP contribution in [0.1, 0.15) is 77.0 Å². The largest absolute Gasteiger partial charge is 0.339 e. The van der Waals surface area contributed by atoms with Crippen molar-refractivity contribution in [3.63, 3.8) is 0 Å². The first-order chi connectivity index (χ1) is 11.7. The summed E-state index contributed by atoms with van der Waals surface area (Å²) in [5.41, 5.74) is 0. The predicted molar refractivity (Wildman–Crippen MR) is 94.7 cm³/mol. The first-order valence-electron chi connectivity index (χ1n) is 10.1. The zero-order valence-corrected chi connectivity index (χ0v) is 14.9. The highest BCUT2D eigenvalue weighted by molar-refractivity contribution is 5.78. The predicted octanol–water partition coefficient (Wildman–Crippen LogP) is 3.19. The number of hydrogen-bond acceptors (Lipinski definition) is 2. The zero-order chi connectivity index (χ0) is 16.8. The lowest BCUT2D eigenvalue weighted by molar-refractivity contribution is -0.137. The first-order valence-corrected chi connectivity index (χ1v) is 10.1. The molecule has 24 heavy (non-hydrogen) atoms. The Kier molecular flexibility index (Phi) is 6.38. The standard InChI is InChI=1S/C19H33N3O2/c23-18(22-14-6-8-15-7-4-5-11-17(15)22)12-13-20-19(24)21-16-9-2-1-3-10-16/h15-17H,1-14H2,(H2,20,21,24). The summed E-state index contributed by atoms with van der Waals surface area (Å²) < 4.78 is 0. The SMILES string of the molecule is O=C(NCCC(=O)N1CCCC2CCCCC21)NC1CCCCC1. The van der Waals surface area contributed by atoms with Gasteiger partial charge in [-0.05, 0) is 44.4 Å². The number of carbonyl (C=O) groups is 2. The quantitative estimate of drug-likeness (QED) is 0.829. The van der Waals surface area contributed by atoms with Crippen molar-refractivity contribution in [1.29, 1.82) is 0 Å². The van der Waals surface area contributed by atoms with Gasteiger partial charge in [-0.3, -0.25) is 4.79 Å². The molecule has 2 N–H and O–H groups in total. The molecule has 2 aliphatic carbocycles. The molecule has 0 radical (unpaired) electrons. The van der Waals surface area contributed by atoms with E-state index in [1.54, 1.807) is 0 Å². The summed E-state index contributed by atoms with van der Waals surface area (Å²) in [7, 11) is 0. The molecule has 1 saturated heterocycles. The third-order valence-electron chi connectivity index (χ3n) is 6.13. The van der Waals surface area contributed by atoms with Gasteiger partial charge in [0.2, 0.25) is 5.91 Å². The molecular formula is C19H33N3O2. The van der Waals surface area contributed by atoms with E-state index in [0.29, 0.717) is 25.0 Å². The van der Waals surface area contributed by atoms with E-state index in [9.17, 15) is 9.59 Å². The second-order valence-electron chi connectivity index (χ2n) is 7.83. The molecule has 0 spiro atoms. The minimum atomic E-state index is -0.108. The summed E-state index contributed by atoms with van der Waals surface area (Å²) in [5.74, 6) is 0.948. The number of likely N-dealkylation sites (tertiary alicyclic amines) is 1. The van der Waals surface area contributed by atoms with Crippen LogP contribution in [-0.2, 0) is 4.79 Å². The molecule has 0 aromatic rings. The average Bonchev–Trinajstić information content (AvgIpc) is 2.62. The van der Waals surface area contributed by atoms with Crippen molar-refractivity contribution >= 4 is 11.9 Å². The summed E-state index contributed by atoms with van der Waals surface area (Å²) in [6, 6.07) is 0.680. The van der Waals surface area contributed by atoms with E-state index >= 15 is 0 Å². The van der Waals surface area contributed by atoms with Gasteiger partial charge in [-0.2, -0.15) is 0 Å². The Morgan fingerprint density at radius 1 is 0.875 bits per heavy atom. The molecule has 5 heteroatoms. The van der Waals surface area contributed by atoms with E-state index < -0.39 is 0 Å². The fraction of sp³-hybridized carbons (Fsp3) is 0.895. The van der Waals surface area contributed by atoms with Gasteiger partial charge in [0.15, 0.2) is 0 Å². The van der Waals surface area contributed by atoms with Gasteiger partial charge in [0.25, 0.3) is 0 Å². The van der Waals surface area contributed by atoms with Gasteiger partial charge in [-0.15, -0.1) is 0 Å². The van der Waals surface area contributed by atoms with Gasteiger partial charge >= 0.3 is 6.03 Å². The van der Waals surface area contributed by atoms with E-state index in [2.05, 4.69) is 15.5 Å². The van der Waals surface area contributed by atoms with Crippen LogP contribution in [0.2, 0.25) is 0 Å². The van der Waals surface area contributed by atoms with E-state index in [1.807, 2.05) is 0 Å². The third kappa shape index (κ3) is 4.64. The van der Waals surface area contributed by atoms with Gasteiger partial charge in [-0.1, -0.05) is 32.1 Å². The molecule has 2 unspecified atom stereocenters. The summed E-state index contributed by atoms with van der Waals surface area (Å²) >= 11 is 0. The number of piperidine rings is 1. The third-order valence-corrected chi connectivity index (χ3v) is 6.13. The molecule has 1 heterocycles. The van der Waals surface area contributed by atoms with Gasteiger partial charge in [0.1, 0.15) is 0 Å². The molecular weight excluding hydrogens is 302 g/mol. The molecule has 3 aliphatic rings.